The van der Waals surface area contributed by atoms with E-state index in [2.05, 4.69) is 203 Å². The van der Waals surface area contributed by atoms with Crippen LogP contribution >= 0.6 is 248 Å². The molecule has 1 radical (unpaired) electrons. The fourth-order valence-electron chi connectivity index (χ4n) is 0.717. The highest BCUT2D eigenvalue weighted by molar-refractivity contribution is 14.3. The molecule has 0 heterocycles. The van der Waals surface area contributed by atoms with Crippen molar-refractivity contribution in [1.29, 1.82) is 0 Å². The predicted molar refractivity (Wildman–Crippen MR) is 169 cm³/mol. The number of halogens is 11. The zero-order chi connectivity index (χ0) is 14.5. The second-order valence-electron chi connectivity index (χ2n) is 2.75. The first kappa shape index (κ1) is 25.0. The van der Waals surface area contributed by atoms with E-state index < -0.39 is 3.04 Å². The molecule has 0 atom stereocenters. The van der Waals surface area contributed by atoms with Crippen LogP contribution in [0.2, 0.25) is 0 Å². The highest BCUT2D eigenvalue weighted by Crippen LogP contribution is 2.74. The highest BCUT2D eigenvalue weighted by Gasteiger charge is 2.72. The quantitative estimate of drug-likeness (QED) is 0.199. The van der Waals surface area contributed by atoms with E-state index in [1.807, 2.05) is 45.2 Å². The molecule has 12 heteroatoms. The molecule has 0 saturated heterocycles. The molecule has 0 N–H and O–H groups in total. The normalized spacial score (nSPS) is 16.2. The molecule has 0 unspecified atom stereocenters. The van der Waals surface area contributed by atoms with Crippen molar-refractivity contribution in [3.8, 4) is 0 Å². The molecular formula is C5I11O. The summed E-state index contributed by atoms with van der Waals surface area (Å²) in [4.78, 5) is 0. The van der Waals surface area contributed by atoms with Crippen molar-refractivity contribution in [3.63, 3.8) is 0 Å². The summed E-state index contributed by atoms with van der Waals surface area (Å²) in [5, 5.41) is 12.6. The minimum Gasteiger partial charge on any atom is -0.204 e. The number of hydrogen-bond donors (Lipinski definition) is 0. The number of hydrogen-bond acceptors (Lipinski definition) is 0. The fraction of sp³-hybridized carbons (Fsp3) is 1.00. The summed E-state index contributed by atoms with van der Waals surface area (Å²) in [5.41, 5.74) is 0. The molecule has 0 amide bonds. The van der Waals surface area contributed by atoms with Crippen molar-refractivity contribution >= 4 is 248 Å². The molecule has 0 rings (SSSR count). The number of alkyl halides is 11. The minimum absolute atomic E-state index is 0.0706. The third-order valence-corrected chi connectivity index (χ3v) is 26.0. The van der Waals surface area contributed by atoms with Gasteiger partial charge in [0, 0.05) is 0 Å². The minimum atomic E-state index is -1.08. The van der Waals surface area contributed by atoms with E-state index >= 15 is 0 Å². The fourth-order valence-corrected chi connectivity index (χ4v) is 20.2. The van der Waals surface area contributed by atoms with Gasteiger partial charge in [0.05, 0.1) is 0 Å². The SMILES string of the molecule is [O]C(I)(I)C(I)(I)C(I)(C(I)(I)I)C(I)(I)I. The molecule has 0 aromatic carbocycles. The van der Waals surface area contributed by atoms with Crippen LogP contribution in [0, 0.1) is 0 Å². The van der Waals surface area contributed by atoms with Gasteiger partial charge in [0.15, 0.2) is 0 Å². The standard InChI is InChI=1S/C5I11O/c6-1(3(9,10)11,4(12,13)14)2(7,8)5(15,16)17. The van der Waals surface area contributed by atoms with Crippen LogP contribution in [0.15, 0.2) is 0 Å². The summed E-state index contributed by atoms with van der Waals surface area (Å²) in [6.45, 7) is 0. The summed E-state index contributed by atoms with van der Waals surface area (Å²) in [6, 6.07) is 0. The van der Waals surface area contributed by atoms with E-state index in [4.69, 9.17) is 0 Å². The lowest BCUT2D eigenvalue weighted by Crippen LogP contribution is -2.62. The molecule has 0 aliphatic rings. The predicted octanol–water partition coefficient (Wildman–Crippen LogP) is 8.60. The van der Waals surface area contributed by atoms with Crippen molar-refractivity contribution in [2.24, 2.45) is 0 Å². The molecule has 1 nitrogen and oxygen atoms in total. The van der Waals surface area contributed by atoms with Gasteiger partial charge in [0.1, 0.15) is 3.72 Å². The Morgan fingerprint density at radius 3 is 0.824 bits per heavy atom. The van der Waals surface area contributed by atoms with Crippen LogP contribution in [-0.2, 0) is 5.11 Å². The molecule has 0 aliphatic heterocycles. The second kappa shape index (κ2) is 8.79. The first-order valence-corrected chi connectivity index (χ1v) is 15.1. The van der Waals surface area contributed by atoms with Crippen LogP contribution in [-0.4, -0.2) is 5.34 Å². The first-order chi connectivity index (χ1) is 7.00. The Kier molecular flexibility index (Phi) is 12.9. The van der Waals surface area contributed by atoms with Gasteiger partial charge in [-0.25, -0.2) is 5.11 Å². The maximum Gasteiger partial charge on any atom is 0.228 e. The molecule has 0 aromatic heterocycles. The van der Waals surface area contributed by atoms with Crippen molar-refractivity contribution < 1.29 is 5.11 Å². The molecule has 0 aliphatic carbocycles. The van der Waals surface area contributed by atoms with E-state index in [9.17, 15) is 5.11 Å². The van der Waals surface area contributed by atoms with E-state index in [0.717, 1.165) is 0 Å². The van der Waals surface area contributed by atoms with Crippen molar-refractivity contribution in [3.05, 3.63) is 0 Å². The smallest absolute Gasteiger partial charge is 0.204 e. The largest absolute Gasteiger partial charge is 0.228 e. The Labute approximate surface area is 251 Å². The Morgan fingerprint density at radius 2 is 0.765 bits per heavy atom. The lowest BCUT2D eigenvalue weighted by Gasteiger charge is -2.52. The molecule has 0 saturated carbocycles. The summed E-state index contributed by atoms with van der Waals surface area (Å²) in [6.07, 6.45) is 0. The maximum atomic E-state index is 12.6. The third-order valence-electron chi connectivity index (χ3n) is 1.58. The zero-order valence-electron chi connectivity index (χ0n) is 7.07. The van der Waals surface area contributed by atoms with E-state index in [-0.39, 0.29) is 2.29 Å². The Balaban J connectivity index is 6.04. The van der Waals surface area contributed by atoms with Gasteiger partial charge in [-0.05, 0) is 45.2 Å². The van der Waals surface area contributed by atoms with Crippen molar-refractivity contribution in [1.82, 2.24) is 0 Å². The van der Waals surface area contributed by atoms with E-state index in [1.165, 1.54) is 0 Å². The van der Waals surface area contributed by atoms with Crippen LogP contribution in [0.5, 0.6) is 0 Å². The molecule has 17 heavy (non-hydrogen) atoms. The molecule has 0 fully saturated rings. The van der Waals surface area contributed by atoms with Gasteiger partial charge in [0.2, 0.25) is 1.61 Å². The van der Waals surface area contributed by atoms with Gasteiger partial charge in [-0.2, -0.15) is 0 Å². The van der Waals surface area contributed by atoms with Gasteiger partial charge in [-0.15, -0.1) is 0 Å². The molecule has 103 valence electrons. The van der Waals surface area contributed by atoms with Gasteiger partial charge >= 0.3 is 0 Å². The van der Waals surface area contributed by atoms with Crippen LogP contribution in [0.3, 0.4) is 0 Å². The van der Waals surface area contributed by atoms with Gasteiger partial charge in [0.25, 0.3) is 0 Å². The van der Waals surface area contributed by atoms with E-state index in [0.29, 0.717) is 0 Å². The van der Waals surface area contributed by atoms with Crippen molar-refractivity contribution in [2.45, 2.75) is 5.34 Å². The monoisotopic (exact) mass is 1470 g/mol. The lowest BCUT2D eigenvalue weighted by atomic mass is 10.1. The zero-order valence-corrected chi connectivity index (χ0v) is 30.8. The maximum absolute atomic E-state index is 12.6. The molecular weight excluding hydrogens is 1470 g/mol. The van der Waals surface area contributed by atoms with Gasteiger partial charge in [-0.3, -0.25) is 0 Å². The summed E-state index contributed by atoms with van der Waals surface area (Å²) < 4.78 is -1.87. The van der Waals surface area contributed by atoms with Crippen LogP contribution in [0.4, 0.5) is 0 Å². The molecule has 0 bridgehead atoms. The van der Waals surface area contributed by atoms with Gasteiger partial charge in [-0.1, -0.05) is 203 Å². The lowest BCUT2D eigenvalue weighted by molar-refractivity contribution is 0.156. The Bertz CT molecular complexity index is 266. The van der Waals surface area contributed by atoms with Crippen LogP contribution in [0.25, 0.3) is 0 Å². The molecule has 0 spiro atoms. The molecule has 0 aromatic rings. The van der Waals surface area contributed by atoms with E-state index in [1.54, 1.807) is 0 Å². The third kappa shape index (κ3) is 5.99. The highest BCUT2D eigenvalue weighted by atomic mass is 127. The average molecular weight is 1470 g/mol. The van der Waals surface area contributed by atoms with Crippen molar-refractivity contribution in [2.75, 3.05) is 0 Å². The van der Waals surface area contributed by atoms with Gasteiger partial charge < -0.3 is 0 Å². The average Bonchev–Trinajstić information content (AvgIpc) is 1.95. The second-order valence-corrected chi connectivity index (χ2v) is 36.9. The van der Waals surface area contributed by atoms with Crippen LogP contribution in [0.1, 0.15) is 0 Å². The van der Waals surface area contributed by atoms with Crippen LogP contribution < -0.4 is 0 Å². The summed E-state index contributed by atoms with van der Waals surface area (Å²) in [7, 11) is 0. The summed E-state index contributed by atoms with van der Waals surface area (Å²) >= 11 is 25.8. The summed E-state index contributed by atoms with van der Waals surface area (Å²) in [5.74, 6) is 0. The first-order valence-electron chi connectivity index (χ1n) is 3.28. The topological polar surface area (TPSA) is 19.9 Å². The number of rotatable bonds is 4. The Hall–Kier alpha value is 7.99. The Morgan fingerprint density at radius 1 is 0.529 bits per heavy atom.